The van der Waals surface area contributed by atoms with Crippen molar-refractivity contribution in [3.8, 4) is 0 Å². The number of ether oxygens (including phenoxy) is 1. The lowest BCUT2D eigenvalue weighted by atomic mass is 9.97. The van der Waals surface area contributed by atoms with Gasteiger partial charge in [0.1, 0.15) is 5.82 Å². The largest absolute Gasteiger partial charge is 0.466 e. The topological polar surface area (TPSA) is 76.5 Å². The van der Waals surface area contributed by atoms with Gasteiger partial charge in [-0.1, -0.05) is 0 Å². The Balaban J connectivity index is 1.77. The lowest BCUT2D eigenvalue weighted by Gasteiger charge is -2.30. The number of carbonyl (C=O) groups excluding carboxylic acids is 2. The fourth-order valence-electron chi connectivity index (χ4n) is 2.70. The molecule has 7 nitrogen and oxygen atoms in total. The highest BCUT2D eigenvalue weighted by atomic mass is 16.5. The Morgan fingerprint density at radius 3 is 2.64 bits per heavy atom. The molecule has 0 atom stereocenters. The van der Waals surface area contributed by atoms with Crippen LogP contribution in [0.5, 0.6) is 0 Å². The van der Waals surface area contributed by atoms with Crippen molar-refractivity contribution in [1.82, 2.24) is 14.7 Å². The summed E-state index contributed by atoms with van der Waals surface area (Å²) in [5.41, 5.74) is 0.869. The molecule has 122 valence electrons. The molecule has 2 rings (SSSR count). The van der Waals surface area contributed by atoms with E-state index in [1.54, 1.807) is 11.7 Å². The number of anilines is 1. The zero-order valence-electron chi connectivity index (χ0n) is 13.5. The smallest absolute Gasteiger partial charge is 0.309 e. The number of likely N-dealkylation sites (tertiary alicyclic amines) is 1. The van der Waals surface area contributed by atoms with Crippen molar-refractivity contribution in [2.24, 2.45) is 13.0 Å². The molecule has 1 aliphatic rings. The van der Waals surface area contributed by atoms with Crippen LogP contribution < -0.4 is 5.32 Å². The summed E-state index contributed by atoms with van der Waals surface area (Å²) < 4.78 is 6.70. The second kappa shape index (κ2) is 7.40. The Morgan fingerprint density at radius 2 is 2.09 bits per heavy atom. The number of piperidine rings is 1. The van der Waals surface area contributed by atoms with Crippen LogP contribution in [0.2, 0.25) is 0 Å². The molecule has 1 aromatic rings. The van der Waals surface area contributed by atoms with E-state index in [-0.39, 0.29) is 17.8 Å². The minimum atomic E-state index is -0.114. The number of hydrogen-bond acceptors (Lipinski definition) is 5. The van der Waals surface area contributed by atoms with Crippen LogP contribution in [0.1, 0.15) is 25.5 Å². The molecule has 1 N–H and O–H groups in total. The number of aryl methyl sites for hydroxylation is 2. The molecule has 1 fully saturated rings. The molecule has 22 heavy (non-hydrogen) atoms. The van der Waals surface area contributed by atoms with Crippen LogP contribution >= 0.6 is 0 Å². The first kappa shape index (κ1) is 16.5. The first-order valence-electron chi connectivity index (χ1n) is 7.69. The molecular weight excluding hydrogens is 284 g/mol. The number of rotatable bonds is 5. The van der Waals surface area contributed by atoms with Gasteiger partial charge in [0.25, 0.3) is 0 Å². The molecule has 0 saturated carbocycles. The van der Waals surface area contributed by atoms with E-state index in [4.69, 9.17) is 4.74 Å². The molecule has 0 spiro atoms. The molecule has 0 aromatic carbocycles. The monoisotopic (exact) mass is 308 g/mol. The van der Waals surface area contributed by atoms with E-state index in [1.807, 2.05) is 19.9 Å². The van der Waals surface area contributed by atoms with E-state index >= 15 is 0 Å². The van der Waals surface area contributed by atoms with Crippen LogP contribution in [-0.2, 0) is 21.4 Å². The van der Waals surface area contributed by atoms with Crippen molar-refractivity contribution < 1.29 is 14.3 Å². The van der Waals surface area contributed by atoms with Crippen molar-refractivity contribution in [1.29, 1.82) is 0 Å². The average molecular weight is 308 g/mol. The number of nitrogens with one attached hydrogen (secondary N) is 1. The van der Waals surface area contributed by atoms with Gasteiger partial charge in [0.05, 0.1) is 24.8 Å². The molecule has 0 bridgehead atoms. The van der Waals surface area contributed by atoms with Crippen LogP contribution in [0, 0.1) is 12.8 Å². The Kier molecular flexibility index (Phi) is 5.54. The first-order valence-corrected chi connectivity index (χ1v) is 7.69. The maximum absolute atomic E-state index is 12.1. The van der Waals surface area contributed by atoms with Gasteiger partial charge in [-0.05, 0) is 39.8 Å². The van der Waals surface area contributed by atoms with Gasteiger partial charge in [0, 0.05) is 13.1 Å². The van der Waals surface area contributed by atoms with Gasteiger partial charge in [-0.2, -0.15) is 5.10 Å². The van der Waals surface area contributed by atoms with Crippen molar-refractivity contribution >= 4 is 17.7 Å². The van der Waals surface area contributed by atoms with Gasteiger partial charge in [-0.15, -0.1) is 0 Å². The van der Waals surface area contributed by atoms with Crippen LogP contribution in [0.15, 0.2) is 6.07 Å². The summed E-state index contributed by atoms with van der Waals surface area (Å²) in [5.74, 6) is 0.498. The molecule has 0 aliphatic carbocycles. The van der Waals surface area contributed by atoms with Gasteiger partial charge in [0.15, 0.2) is 0 Å². The predicted molar refractivity (Wildman–Crippen MR) is 82.4 cm³/mol. The minimum Gasteiger partial charge on any atom is -0.466 e. The van der Waals surface area contributed by atoms with Gasteiger partial charge in [-0.3, -0.25) is 19.2 Å². The number of nitrogens with zero attached hydrogens (tertiary/aromatic N) is 3. The van der Waals surface area contributed by atoms with Gasteiger partial charge < -0.3 is 10.1 Å². The third kappa shape index (κ3) is 4.30. The summed E-state index contributed by atoms with van der Waals surface area (Å²) in [6.07, 6.45) is 1.49. The first-order chi connectivity index (χ1) is 10.5. The third-order valence-corrected chi connectivity index (χ3v) is 3.84. The van der Waals surface area contributed by atoms with E-state index in [0.29, 0.717) is 19.0 Å². The molecule has 2 heterocycles. The number of esters is 1. The summed E-state index contributed by atoms with van der Waals surface area (Å²) >= 11 is 0. The highest BCUT2D eigenvalue weighted by molar-refractivity contribution is 5.91. The molecule has 1 aromatic heterocycles. The molecule has 7 heteroatoms. The van der Waals surface area contributed by atoms with Gasteiger partial charge >= 0.3 is 5.97 Å². The average Bonchev–Trinajstić information content (AvgIpc) is 2.77. The Labute approximate surface area is 130 Å². The second-order valence-electron chi connectivity index (χ2n) is 5.65. The Morgan fingerprint density at radius 1 is 1.41 bits per heavy atom. The van der Waals surface area contributed by atoms with E-state index < -0.39 is 0 Å². The fourth-order valence-corrected chi connectivity index (χ4v) is 2.70. The Hall–Kier alpha value is -1.89. The lowest BCUT2D eigenvalue weighted by Crippen LogP contribution is -2.41. The maximum Gasteiger partial charge on any atom is 0.309 e. The van der Waals surface area contributed by atoms with Crippen LogP contribution in [0.3, 0.4) is 0 Å². The molecule has 1 saturated heterocycles. The zero-order valence-corrected chi connectivity index (χ0v) is 13.5. The van der Waals surface area contributed by atoms with Crippen LogP contribution in [-0.4, -0.2) is 52.8 Å². The number of aromatic nitrogens is 2. The standard InChI is InChI=1S/C15H24N4O3/c1-4-22-15(21)12-5-7-19(8-6-12)10-14(20)16-13-9-11(2)17-18(13)3/h9,12H,4-8,10H2,1-3H3,(H,16,20). The molecule has 1 amide bonds. The van der Waals surface area contributed by atoms with Crippen molar-refractivity contribution in [3.63, 3.8) is 0 Å². The second-order valence-corrected chi connectivity index (χ2v) is 5.65. The quantitative estimate of drug-likeness (QED) is 0.819. The maximum atomic E-state index is 12.1. The van der Waals surface area contributed by atoms with E-state index in [9.17, 15) is 9.59 Å². The normalized spacial score (nSPS) is 16.5. The van der Waals surface area contributed by atoms with Crippen molar-refractivity contribution in [2.75, 3.05) is 31.6 Å². The molecule has 0 unspecified atom stereocenters. The summed E-state index contributed by atoms with van der Waals surface area (Å²) in [6.45, 7) is 5.93. The zero-order chi connectivity index (χ0) is 16.1. The highest BCUT2D eigenvalue weighted by Crippen LogP contribution is 2.18. The summed E-state index contributed by atoms with van der Waals surface area (Å²) in [7, 11) is 1.80. The van der Waals surface area contributed by atoms with E-state index in [1.165, 1.54) is 0 Å². The lowest BCUT2D eigenvalue weighted by molar-refractivity contribution is -0.149. The molecule has 1 aliphatic heterocycles. The minimum absolute atomic E-state index is 0.0287. The SMILES string of the molecule is CCOC(=O)C1CCN(CC(=O)Nc2cc(C)nn2C)CC1. The number of hydrogen-bond donors (Lipinski definition) is 1. The van der Waals surface area contributed by atoms with Crippen LogP contribution in [0.25, 0.3) is 0 Å². The predicted octanol–water partition coefficient (Wildman–Crippen LogP) is 0.942. The highest BCUT2D eigenvalue weighted by Gasteiger charge is 2.26. The number of amides is 1. The number of carbonyl (C=O) groups is 2. The Bertz CT molecular complexity index is 533. The molecular formula is C15H24N4O3. The summed E-state index contributed by atoms with van der Waals surface area (Å²) in [5, 5.41) is 7.06. The van der Waals surface area contributed by atoms with Crippen molar-refractivity contribution in [2.45, 2.75) is 26.7 Å². The summed E-state index contributed by atoms with van der Waals surface area (Å²) in [6, 6.07) is 1.84. The van der Waals surface area contributed by atoms with Crippen LogP contribution in [0.4, 0.5) is 5.82 Å². The van der Waals surface area contributed by atoms with Gasteiger partial charge in [-0.25, -0.2) is 0 Å². The third-order valence-electron chi connectivity index (χ3n) is 3.84. The molecule has 0 radical (unpaired) electrons. The van der Waals surface area contributed by atoms with E-state index in [0.717, 1.165) is 31.6 Å². The van der Waals surface area contributed by atoms with E-state index in [2.05, 4.69) is 15.3 Å². The van der Waals surface area contributed by atoms with Crippen molar-refractivity contribution in [3.05, 3.63) is 11.8 Å². The van der Waals surface area contributed by atoms with Gasteiger partial charge in [0.2, 0.25) is 5.91 Å². The summed E-state index contributed by atoms with van der Waals surface area (Å²) in [4.78, 5) is 25.8. The fraction of sp³-hybridized carbons (Fsp3) is 0.667.